The van der Waals surface area contributed by atoms with E-state index in [9.17, 15) is 60.7 Å². The van der Waals surface area contributed by atoms with E-state index in [0.29, 0.717) is 115 Å². The smallest absolute Gasteiger partial charge is 0.416 e. The van der Waals surface area contributed by atoms with E-state index in [0.717, 1.165) is 162 Å². The lowest BCUT2D eigenvalue weighted by atomic mass is 9.75. The van der Waals surface area contributed by atoms with Gasteiger partial charge in [-0.05, 0) is 278 Å². The van der Waals surface area contributed by atoms with E-state index in [-0.39, 0.29) is 95.1 Å². The zero-order valence-corrected chi connectivity index (χ0v) is 83.8. The van der Waals surface area contributed by atoms with E-state index in [1.54, 1.807) is 70.5 Å². The number of fused-ring (bicyclic) bond motifs is 14. The van der Waals surface area contributed by atoms with Crippen LogP contribution in [0.25, 0.3) is 0 Å². The van der Waals surface area contributed by atoms with Crippen LogP contribution < -0.4 is 31.9 Å². The van der Waals surface area contributed by atoms with Gasteiger partial charge in [0.05, 0.1) is 83.9 Å². The fraction of sp³-hybridized carbons (Fsp3) is 0.378. The summed E-state index contributed by atoms with van der Waals surface area (Å²) in [7, 11) is 0. The molecular formula is C119H125Cl2F7N8O10. The van der Waals surface area contributed by atoms with E-state index in [2.05, 4.69) is 145 Å². The number of anilines is 6. The molecule has 12 aliphatic rings. The van der Waals surface area contributed by atoms with Crippen LogP contribution in [0.5, 0.6) is 23.0 Å². The molecule has 12 aromatic rings. The minimum Gasteiger partial charge on any atom is -0.508 e. The number of carbonyl (C=O) groups excluding carboxylic acids is 2. The molecule has 18 nitrogen and oxygen atoms in total. The Morgan fingerprint density at radius 2 is 0.678 bits per heavy atom. The zero-order chi connectivity index (χ0) is 102. The van der Waals surface area contributed by atoms with Gasteiger partial charge in [-0.15, -0.1) is 0 Å². The van der Waals surface area contributed by atoms with Crippen LogP contribution in [0.3, 0.4) is 0 Å². The standard InChI is InChI=1S/C22H26FNO.C21H25NO.2C20H19F3N2O2.2C18H18ClNO2/c1-22(2,3)14-10-11-19-17(13-14)21-16(8-6-12-25-21)20(24-19)15-7-4-5-9-18(15)23;1-14(2)16-10-11-19-18(13-16)21-17(9-6-12-23-21)20(22-19)15-7-4-3-5-8-15;2*21-20(22,23)13-6-7-16-15(10-13)18(25-8-2-5-19(25)27)11-17(24-16)12-3-1-4-14(26)9-12;2*19-12-6-7-16-15(10-12)18-14(5-2-8-22-18)17(20-16)11-3-1-4-13(21)9-11/h4-5,7,9-11,13,16,20-21,24H,6,8,12H2,1-3H3;3-5,7-8,10-11,13-14,17,20-22H,6,9,12H2,1-2H3;2*1,3-4,6-7,9-10,17-18,24,26H,2,5,8,11H2;2*1,3-4,6-7,9-10,14,17-18,20-21H,2,5,8H2/t16-,20-,21-;17-,20-,21-;;;14-,17-,18-;/m00..0./s1. The number of alkyl halides is 6. The molecule has 24 rings (SSSR count). The Labute approximate surface area is 858 Å². The number of phenols is 4. The highest BCUT2D eigenvalue weighted by atomic mass is 35.5. The topological polar surface area (TPSA) is 231 Å². The van der Waals surface area contributed by atoms with E-state index in [1.165, 1.54) is 52.1 Å². The summed E-state index contributed by atoms with van der Waals surface area (Å²) >= 11 is 12.3. The van der Waals surface area contributed by atoms with Crippen LogP contribution in [-0.2, 0) is 46.3 Å². The van der Waals surface area contributed by atoms with Gasteiger partial charge < -0.3 is 81.1 Å². The number of ether oxygens (including phenoxy) is 4. The lowest BCUT2D eigenvalue weighted by Gasteiger charge is -2.44. The van der Waals surface area contributed by atoms with Gasteiger partial charge in [0, 0.05) is 148 Å². The number of likely N-dealkylation sites (tertiary alicyclic amines) is 2. The summed E-state index contributed by atoms with van der Waals surface area (Å²) in [6.45, 7) is 15.5. The van der Waals surface area contributed by atoms with Crippen LogP contribution in [0.4, 0.5) is 64.9 Å². The molecular weight excluding hydrogens is 1910 g/mol. The summed E-state index contributed by atoms with van der Waals surface area (Å²) in [5, 5.41) is 61.8. The van der Waals surface area contributed by atoms with Crippen molar-refractivity contribution >= 4 is 69.1 Å². The lowest BCUT2D eigenvalue weighted by molar-refractivity contribution is -0.138. The van der Waals surface area contributed by atoms with E-state index in [1.807, 2.05) is 84.9 Å². The highest BCUT2D eigenvalue weighted by molar-refractivity contribution is 6.31. The molecule has 12 heterocycles. The number of hydrogen-bond donors (Lipinski definition) is 10. The molecule has 6 fully saturated rings. The number of phenolic OH excluding ortho intramolecular Hbond substituents is 4. The molecule has 0 spiro atoms. The summed E-state index contributed by atoms with van der Waals surface area (Å²) in [6, 6.07) is 78.4. The quantitative estimate of drug-likeness (QED) is 0.0606. The first-order valence-corrected chi connectivity index (χ1v) is 51.9. The number of rotatable bonds is 9. The molecule has 0 bridgehead atoms. The summed E-state index contributed by atoms with van der Waals surface area (Å²) in [5.74, 6) is 2.68. The van der Waals surface area contributed by atoms with Crippen molar-refractivity contribution in [3.05, 3.63) is 366 Å². The average molecular weight is 2030 g/mol. The minimum atomic E-state index is -4.43. The Morgan fingerprint density at radius 3 is 1.07 bits per heavy atom. The third-order valence-corrected chi connectivity index (χ3v) is 31.2. The van der Waals surface area contributed by atoms with Crippen molar-refractivity contribution in [1.29, 1.82) is 0 Å². The SMILES string of the molecule is CC(C)(C)c1ccc2c(c1)[C@H]1OCCC[C@H]1[C@H](c1ccccc1F)N2.CC(C)c1ccc2c(c1)[C@H]1OCCC[C@H]1[C@H](c1ccccc1)N2.O=C1CCCN1C1CC(c2cccc(O)c2)Nc2ccc(C(F)(F)F)cc21.O=C1CCCN1C1CC(c2cccc(O)c2)Nc2ccc(C(F)(F)F)cc21.Oc1cccc(C2Nc3ccc(Cl)cc3C3OCCCC23)c1.Oc1cccc([C@@H]2Nc3ccc(Cl)cc3[C@H]3OCCC[C@H]32)c1. The van der Waals surface area contributed by atoms with Crippen molar-refractivity contribution in [2.24, 2.45) is 23.7 Å². The third kappa shape index (κ3) is 22.6. The van der Waals surface area contributed by atoms with Crippen LogP contribution >= 0.6 is 23.2 Å². The maximum atomic E-state index is 14.4. The van der Waals surface area contributed by atoms with Crippen molar-refractivity contribution in [1.82, 2.24) is 9.80 Å². The molecule has 2 amide bonds. The Morgan fingerprint density at radius 1 is 0.342 bits per heavy atom. The van der Waals surface area contributed by atoms with Gasteiger partial charge >= 0.3 is 12.4 Å². The highest BCUT2D eigenvalue weighted by Gasteiger charge is 2.48. The summed E-state index contributed by atoms with van der Waals surface area (Å²) in [5.41, 5.74) is 18.9. The maximum absolute atomic E-state index is 14.4. The fourth-order valence-electron chi connectivity index (χ4n) is 23.6. The normalized spacial score (nSPS) is 24.9. The molecule has 12 aliphatic heterocycles. The number of nitrogens with zero attached hydrogens (tertiary/aromatic N) is 2. The van der Waals surface area contributed by atoms with Gasteiger partial charge in [0.15, 0.2) is 0 Å². The molecule has 12 aromatic carbocycles. The molecule has 0 aliphatic carbocycles. The van der Waals surface area contributed by atoms with Crippen molar-refractivity contribution in [2.75, 3.05) is 71.4 Å². The average Bonchev–Trinajstić information content (AvgIpc) is 0.864. The number of halogens is 9. The molecule has 0 saturated carbocycles. The fourth-order valence-corrected chi connectivity index (χ4v) is 23.9. The first-order chi connectivity index (χ1) is 70.3. The molecule has 10 N–H and O–H groups in total. The van der Waals surface area contributed by atoms with Gasteiger partial charge in [0.2, 0.25) is 11.8 Å². The Hall–Kier alpha value is -12.5. The minimum absolute atomic E-state index is 0.0279. The zero-order valence-electron chi connectivity index (χ0n) is 82.3. The summed E-state index contributed by atoms with van der Waals surface area (Å²) in [4.78, 5) is 28.0. The van der Waals surface area contributed by atoms with Crippen molar-refractivity contribution in [3.63, 3.8) is 0 Å². The number of benzene rings is 12. The van der Waals surface area contributed by atoms with Crippen molar-refractivity contribution in [3.8, 4) is 23.0 Å². The van der Waals surface area contributed by atoms with Crippen LogP contribution in [0.2, 0.25) is 10.0 Å². The first-order valence-electron chi connectivity index (χ1n) is 51.2. The van der Waals surface area contributed by atoms with E-state index in [4.69, 9.17) is 42.1 Å². The maximum Gasteiger partial charge on any atom is 0.416 e. The van der Waals surface area contributed by atoms with Crippen LogP contribution in [-0.4, -0.2) is 81.6 Å². The number of amides is 2. The number of aromatic hydroxyl groups is 4. The molecule has 146 heavy (non-hydrogen) atoms. The van der Waals surface area contributed by atoms with E-state index >= 15 is 0 Å². The molecule has 16 atom stereocenters. The molecule has 27 heteroatoms. The monoisotopic (exact) mass is 2030 g/mol. The van der Waals surface area contributed by atoms with Crippen LogP contribution in [0.1, 0.15) is 292 Å². The number of nitrogens with one attached hydrogen (secondary N) is 6. The summed E-state index contributed by atoms with van der Waals surface area (Å²) < 4.78 is 118. The van der Waals surface area contributed by atoms with E-state index < -0.39 is 35.6 Å². The summed E-state index contributed by atoms with van der Waals surface area (Å²) in [6.07, 6.45) is 3.50. The van der Waals surface area contributed by atoms with Gasteiger partial charge in [0.1, 0.15) is 28.8 Å². The second-order valence-corrected chi connectivity index (χ2v) is 42.5. The largest absolute Gasteiger partial charge is 0.508 e. The van der Waals surface area contributed by atoms with Crippen LogP contribution in [0, 0.1) is 29.5 Å². The van der Waals surface area contributed by atoms with Crippen molar-refractivity contribution < 1.29 is 79.7 Å². The molecule has 7 unspecified atom stereocenters. The molecule has 0 radical (unpaired) electrons. The Bertz CT molecular complexity index is 6400. The Balaban J connectivity index is 0.000000111. The predicted molar refractivity (Wildman–Crippen MR) is 557 cm³/mol. The van der Waals surface area contributed by atoms with Gasteiger partial charge in [-0.25, -0.2) is 4.39 Å². The van der Waals surface area contributed by atoms with Gasteiger partial charge in [-0.1, -0.05) is 179 Å². The predicted octanol–water partition coefficient (Wildman–Crippen LogP) is 29.8. The molecule has 0 aromatic heterocycles. The second kappa shape index (κ2) is 43.9. The van der Waals surface area contributed by atoms with Gasteiger partial charge in [-0.3, -0.25) is 9.59 Å². The lowest BCUT2D eigenvalue weighted by Crippen LogP contribution is -2.36. The first kappa shape index (κ1) is 102. The van der Waals surface area contributed by atoms with Crippen molar-refractivity contribution in [2.45, 2.75) is 221 Å². The third-order valence-electron chi connectivity index (χ3n) is 30.8. The van der Waals surface area contributed by atoms with Gasteiger partial charge in [-0.2, -0.15) is 26.3 Å². The number of carbonyl (C=O) groups is 2. The number of hydrogen-bond acceptors (Lipinski definition) is 16. The van der Waals surface area contributed by atoms with Gasteiger partial charge in [0.25, 0.3) is 0 Å². The van der Waals surface area contributed by atoms with Crippen LogP contribution in [0.15, 0.2) is 261 Å². The molecule has 6 saturated heterocycles. The second-order valence-electron chi connectivity index (χ2n) is 41.6. The Kier molecular flexibility index (Phi) is 30.7. The molecule has 764 valence electrons. The highest BCUT2D eigenvalue weighted by Crippen LogP contribution is 2.57.